The molecular formula is C18H27N5O4. The third-order valence-corrected chi connectivity index (χ3v) is 4.60. The van der Waals surface area contributed by atoms with E-state index in [0.717, 1.165) is 0 Å². The molecule has 0 bridgehead atoms. The van der Waals surface area contributed by atoms with E-state index < -0.39 is 5.60 Å². The molecule has 3 amide bonds. The highest BCUT2D eigenvalue weighted by Crippen LogP contribution is 2.17. The van der Waals surface area contributed by atoms with Gasteiger partial charge in [-0.2, -0.15) is 0 Å². The van der Waals surface area contributed by atoms with Gasteiger partial charge in [0.2, 0.25) is 0 Å². The second-order valence-electron chi connectivity index (χ2n) is 8.18. The van der Waals surface area contributed by atoms with Crippen molar-refractivity contribution in [3.05, 3.63) is 17.7 Å². The van der Waals surface area contributed by atoms with Crippen LogP contribution in [0.5, 0.6) is 0 Å². The monoisotopic (exact) mass is 377 g/mol. The first-order valence-corrected chi connectivity index (χ1v) is 9.29. The van der Waals surface area contributed by atoms with Gasteiger partial charge in [-0.1, -0.05) is 0 Å². The lowest BCUT2D eigenvalue weighted by Gasteiger charge is -2.33. The summed E-state index contributed by atoms with van der Waals surface area (Å²) in [6.07, 6.45) is 2.46. The predicted molar refractivity (Wildman–Crippen MR) is 97.5 cm³/mol. The summed E-state index contributed by atoms with van der Waals surface area (Å²) in [5.41, 5.74) is -0.0776. The summed E-state index contributed by atoms with van der Waals surface area (Å²) in [5, 5.41) is 5.76. The molecule has 0 radical (unpaired) electrons. The molecular weight excluding hydrogens is 350 g/mol. The lowest BCUT2D eigenvalue weighted by atomic mass is 10.0. The first-order valence-electron chi connectivity index (χ1n) is 9.29. The molecule has 0 aliphatic carbocycles. The topological polar surface area (TPSA) is 106 Å². The van der Waals surface area contributed by atoms with Crippen molar-refractivity contribution in [1.82, 2.24) is 25.1 Å². The van der Waals surface area contributed by atoms with Crippen molar-refractivity contribution in [2.24, 2.45) is 0 Å². The van der Waals surface area contributed by atoms with E-state index in [1.54, 1.807) is 9.47 Å². The number of ether oxygens (including phenoxy) is 1. The molecule has 0 spiro atoms. The smallest absolute Gasteiger partial charge is 0.410 e. The number of nitrogens with zero attached hydrogens (tertiary/aromatic N) is 3. The molecule has 0 aromatic carbocycles. The van der Waals surface area contributed by atoms with E-state index >= 15 is 0 Å². The van der Waals surface area contributed by atoms with E-state index in [9.17, 15) is 14.4 Å². The Labute approximate surface area is 158 Å². The highest BCUT2D eigenvalue weighted by atomic mass is 16.6. The SMILES string of the molecule is C[C@H]1Cn2cnc(C(=O)NC3CCN(C(=O)OC(C)(C)C)CC3)c2C(=O)N1. The number of aromatic nitrogens is 2. The number of carbonyl (C=O) groups excluding carboxylic acids is 3. The zero-order valence-electron chi connectivity index (χ0n) is 16.2. The van der Waals surface area contributed by atoms with Gasteiger partial charge < -0.3 is 24.8 Å². The molecule has 0 saturated carbocycles. The molecule has 1 saturated heterocycles. The molecule has 2 aliphatic rings. The third-order valence-electron chi connectivity index (χ3n) is 4.60. The minimum Gasteiger partial charge on any atom is -0.444 e. The predicted octanol–water partition coefficient (Wildman–Crippen LogP) is 1.14. The first kappa shape index (κ1) is 19.2. The van der Waals surface area contributed by atoms with Crippen molar-refractivity contribution < 1.29 is 19.1 Å². The van der Waals surface area contributed by atoms with Crippen LogP contribution in [0.25, 0.3) is 0 Å². The van der Waals surface area contributed by atoms with Gasteiger partial charge in [-0.3, -0.25) is 9.59 Å². The maximum Gasteiger partial charge on any atom is 0.410 e. The van der Waals surface area contributed by atoms with Crippen molar-refractivity contribution >= 4 is 17.9 Å². The van der Waals surface area contributed by atoms with Gasteiger partial charge in [0, 0.05) is 31.7 Å². The number of amides is 3. The Morgan fingerprint density at radius 1 is 1.30 bits per heavy atom. The largest absolute Gasteiger partial charge is 0.444 e. The number of piperidine rings is 1. The summed E-state index contributed by atoms with van der Waals surface area (Å²) in [6.45, 7) is 9.02. The van der Waals surface area contributed by atoms with Crippen molar-refractivity contribution in [2.45, 2.75) is 64.8 Å². The van der Waals surface area contributed by atoms with Gasteiger partial charge in [0.1, 0.15) is 11.3 Å². The molecule has 3 rings (SSSR count). The van der Waals surface area contributed by atoms with Crippen LogP contribution in [0, 0.1) is 0 Å². The highest BCUT2D eigenvalue weighted by Gasteiger charge is 2.31. The third kappa shape index (κ3) is 4.40. The van der Waals surface area contributed by atoms with Gasteiger partial charge in [-0.15, -0.1) is 0 Å². The van der Waals surface area contributed by atoms with Crippen LogP contribution in [-0.4, -0.2) is 63.1 Å². The molecule has 1 aromatic rings. The minimum absolute atomic E-state index is 0.00675. The fourth-order valence-corrected chi connectivity index (χ4v) is 3.34. The molecule has 2 N–H and O–H groups in total. The normalized spacial score (nSPS) is 20.7. The number of fused-ring (bicyclic) bond motifs is 1. The highest BCUT2D eigenvalue weighted by molar-refractivity contribution is 6.05. The lowest BCUT2D eigenvalue weighted by Crippen LogP contribution is -2.48. The molecule has 3 heterocycles. The number of hydrogen-bond acceptors (Lipinski definition) is 5. The number of carbonyl (C=O) groups is 3. The average molecular weight is 377 g/mol. The van der Waals surface area contributed by atoms with Crippen molar-refractivity contribution in [1.29, 1.82) is 0 Å². The molecule has 0 unspecified atom stereocenters. The van der Waals surface area contributed by atoms with Gasteiger partial charge in [0.15, 0.2) is 5.69 Å². The van der Waals surface area contributed by atoms with Gasteiger partial charge in [0.25, 0.3) is 11.8 Å². The van der Waals surface area contributed by atoms with Gasteiger partial charge in [-0.05, 0) is 40.5 Å². The average Bonchev–Trinajstić information content (AvgIpc) is 2.98. The fraction of sp³-hybridized carbons (Fsp3) is 0.667. The standard InChI is InChI=1S/C18H27N5O4/c1-11-9-23-10-19-13(14(23)16(25)20-11)15(24)21-12-5-7-22(8-6-12)17(26)27-18(2,3)4/h10-12H,5-9H2,1-4H3,(H,20,25)(H,21,24)/t11-/m0/s1. The van der Waals surface area contributed by atoms with Crippen LogP contribution >= 0.6 is 0 Å². The zero-order chi connectivity index (χ0) is 19.8. The summed E-state index contributed by atoms with van der Waals surface area (Å²) in [5.74, 6) is -0.639. The van der Waals surface area contributed by atoms with E-state index in [1.165, 1.54) is 6.33 Å². The number of imidazole rings is 1. The van der Waals surface area contributed by atoms with Crippen LogP contribution in [0.15, 0.2) is 6.33 Å². The molecule has 9 heteroatoms. The molecule has 27 heavy (non-hydrogen) atoms. The van der Waals surface area contributed by atoms with E-state index in [2.05, 4.69) is 15.6 Å². The van der Waals surface area contributed by atoms with Gasteiger partial charge in [-0.25, -0.2) is 9.78 Å². The van der Waals surface area contributed by atoms with E-state index in [1.807, 2.05) is 27.7 Å². The Balaban J connectivity index is 1.57. The summed E-state index contributed by atoms with van der Waals surface area (Å²) >= 11 is 0. The molecule has 2 aliphatic heterocycles. The summed E-state index contributed by atoms with van der Waals surface area (Å²) < 4.78 is 7.09. The van der Waals surface area contributed by atoms with E-state index in [-0.39, 0.29) is 35.7 Å². The number of hydrogen-bond donors (Lipinski definition) is 2. The van der Waals surface area contributed by atoms with Gasteiger partial charge in [0.05, 0.1) is 6.33 Å². The van der Waals surface area contributed by atoms with Crippen molar-refractivity contribution in [2.75, 3.05) is 13.1 Å². The quantitative estimate of drug-likeness (QED) is 0.804. The van der Waals surface area contributed by atoms with E-state index in [0.29, 0.717) is 38.2 Å². The Kier molecular flexibility index (Phi) is 5.12. The lowest BCUT2D eigenvalue weighted by molar-refractivity contribution is 0.0199. The van der Waals surface area contributed by atoms with Crippen molar-refractivity contribution in [3.63, 3.8) is 0 Å². The van der Waals surface area contributed by atoms with Crippen LogP contribution in [0.1, 0.15) is 61.5 Å². The molecule has 9 nitrogen and oxygen atoms in total. The fourth-order valence-electron chi connectivity index (χ4n) is 3.34. The van der Waals surface area contributed by atoms with Crippen LogP contribution < -0.4 is 10.6 Å². The maximum absolute atomic E-state index is 12.6. The Morgan fingerprint density at radius 2 is 1.96 bits per heavy atom. The van der Waals surface area contributed by atoms with Crippen molar-refractivity contribution in [3.8, 4) is 0 Å². The van der Waals surface area contributed by atoms with Gasteiger partial charge >= 0.3 is 6.09 Å². The van der Waals surface area contributed by atoms with Crippen LogP contribution in [0.3, 0.4) is 0 Å². The Bertz CT molecular complexity index is 743. The second-order valence-corrected chi connectivity index (χ2v) is 8.18. The minimum atomic E-state index is -0.527. The van der Waals surface area contributed by atoms with Crippen LogP contribution in [-0.2, 0) is 11.3 Å². The molecule has 1 aromatic heterocycles. The van der Waals surface area contributed by atoms with Crippen LogP contribution in [0.2, 0.25) is 0 Å². The zero-order valence-corrected chi connectivity index (χ0v) is 16.2. The first-order chi connectivity index (χ1) is 12.6. The number of rotatable bonds is 2. The molecule has 148 valence electrons. The Hall–Kier alpha value is -2.58. The second kappa shape index (κ2) is 7.21. The summed E-state index contributed by atoms with van der Waals surface area (Å²) in [4.78, 5) is 42.7. The summed E-state index contributed by atoms with van der Waals surface area (Å²) in [7, 11) is 0. The Morgan fingerprint density at radius 3 is 2.59 bits per heavy atom. The molecule has 1 fully saturated rings. The maximum atomic E-state index is 12.6. The number of nitrogens with one attached hydrogen (secondary N) is 2. The molecule has 1 atom stereocenters. The van der Waals surface area contributed by atoms with Crippen LogP contribution in [0.4, 0.5) is 4.79 Å². The summed E-state index contributed by atoms with van der Waals surface area (Å²) in [6, 6.07) is -0.0635. The number of likely N-dealkylation sites (tertiary alicyclic amines) is 1. The van der Waals surface area contributed by atoms with E-state index in [4.69, 9.17) is 4.74 Å².